The van der Waals surface area contributed by atoms with Gasteiger partial charge < -0.3 is 9.47 Å². The highest BCUT2D eigenvalue weighted by molar-refractivity contribution is 9.10. The van der Waals surface area contributed by atoms with Crippen molar-refractivity contribution in [2.45, 2.75) is 0 Å². The van der Waals surface area contributed by atoms with Crippen LogP contribution in [0.1, 0.15) is 5.56 Å². The van der Waals surface area contributed by atoms with Crippen LogP contribution in [0.5, 0.6) is 11.5 Å². The number of hydrogen-bond acceptors (Lipinski definition) is 5. The van der Waals surface area contributed by atoms with E-state index >= 15 is 0 Å². The number of pyridine rings is 1. The Morgan fingerprint density at radius 1 is 1.32 bits per heavy atom. The Morgan fingerprint density at radius 3 is 2.82 bits per heavy atom. The molecule has 2 aromatic rings. The Bertz CT molecular complexity index is 662. The quantitative estimate of drug-likeness (QED) is 0.631. The van der Waals surface area contributed by atoms with Gasteiger partial charge in [-0.15, -0.1) is 0 Å². The molecule has 0 saturated carbocycles. The second-order valence-corrected chi connectivity index (χ2v) is 5.07. The Labute approximate surface area is 136 Å². The maximum absolute atomic E-state index is 11.7. The summed E-state index contributed by atoms with van der Waals surface area (Å²) in [6.45, 7) is -0.161. The molecule has 1 aromatic carbocycles. The average molecular weight is 364 g/mol. The van der Waals surface area contributed by atoms with Crippen molar-refractivity contribution in [3.05, 3.63) is 52.8 Å². The van der Waals surface area contributed by atoms with E-state index in [9.17, 15) is 4.79 Å². The van der Waals surface area contributed by atoms with Gasteiger partial charge in [-0.05, 0) is 35.9 Å². The molecule has 0 fully saturated rings. The number of hydrazone groups is 1. The molecule has 114 valence electrons. The maximum Gasteiger partial charge on any atom is 0.277 e. The smallest absolute Gasteiger partial charge is 0.277 e. The summed E-state index contributed by atoms with van der Waals surface area (Å²) >= 11 is 3.34. The fourth-order valence-corrected chi connectivity index (χ4v) is 1.90. The second-order valence-electron chi connectivity index (χ2n) is 4.16. The lowest BCUT2D eigenvalue weighted by Gasteiger charge is -2.10. The van der Waals surface area contributed by atoms with Crippen LogP contribution in [0.3, 0.4) is 0 Å². The summed E-state index contributed by atoms with van der Waals surface area (Å²) < 4.78 is 11.4. The number of carbonyl (C=O) groups excluding carboxylic acids is 1. The fourth-order valence-electron chi connectivity index (χ4n) is 1.56. The molecule has 22 heavy (non-hydrogen) atoms. The third-order valence-electron chi connectivity index (χ3n) is 2.59. The number of halogens is 1. The maximum atomic E-state index is 11.7. The minimum Gasteiger partial charge on any atom is -0.493 e. The Kier molecular flexibility index (Phi) is 5.91. The topological polar surface area (TPSA) is 72.8 Å². The van der Waals surface area contributed by atoms with Gasteiger partial charge in [0.1, 0.15) is 0 Å². The van der Waals surface area contributed by atoms with Gasteiger partial charge in [-0.25, -0.2) is 5.43 Å². The molecule has 0 aliphatic heterocycles. The average Bonchev–Trinajstić information content (AvgIpc) is 2.54. The number of nitrogens with zero attached hydrogens (tertiary/aromatic N) is 2. The van der Waals surface area contributed by atoms with Crippen LogP contribution in [-0.4, -0.2) is 30.8 Å². The molecule has 1 amide bonds. The first-order chi connectivity index (χ1) is 10.7. The number of ether oxygens (including phenoxy) is 2. The monoisotopic (exact) mass is 363 g/mol. The minimum atomic E-state index is -0.365. The predicted molar refractivity (Wildman–Crippen MR) is 86.2 cm³/mol. The fraction of sp³-hybridized carbons (Fsp3) is 0.133. The molecule has 1 aromatic heterocycles. The molecule has 0 atom stereocenters. The van der Waals surface area contributed by atoms with E-state index in [-0.39, 0.29) is 12.5 Å². The number of nitrogens with one attached hydrogen (secondary N) is 1. The summed E-state index contributed by atoms with van der Waals surface area (Å²) in [5, 5.41) is 3.84. The molecule has 7 heteroatoms. The first-order valence-electron chi connectivity index (χ1n) is 6.37. The molecule has 0 aliphatic rings. The van der Waals surface area contributed by atoms with Crippen LogP contribution in [0, 0.1) is 0 Å². The van der Waals surface area contributed by atoms with Gasteiger partial charge in [-0.2, -0.15) is 5.10 Å². The lowest BCUT2D eigenvalue weighted by molar-refractivity contribution is -0.123. The predicted octanol–water partition coefficient (Wildman–Crippen LogP) is 2.38. The first kappa shape index (κ1) is 16.0. The van der Waals surface area contributed by atoms with Gasteiger partial charge in [-0.1, -0.05) is 15.9 Å². The summed E-state index contributed by atoms with van der Waals surface area (Å²) in [5.41, 5.74) is 3.22. The molecule has 0 saturated heterocycles. The van der Waals surface area contributed by atoms with Crippen LogP contribution >= 0.6 is 15.9 Å². The number of aromatic nitrogens is 1. The summed E-state index contributed by atoms with van der Waals surface area (Å²) in [6, 6.07) is 8.83. The van der Waals surface area contributed by atoms with E-state index in [1.807, 2.05) is 0 Å². The van der Waals surface area contributed by atoms with Crippen molar-refractivity contribution >= 4 is 28.1 Å². The molecule has 0 aliphatic carbocycles. The Balaban J connectivity index is 1.84. The van der Waals surface area contributed by atoms with Crippen molar-refractivity contribution < 1.29 is 14.3 Å². The van der Waals surface area contributed by atoms with Crippen molar-refractivity contribution in [2.24, 2.45) is 5.10 Å². The zero-order chi connectivity index (χ0) is 15.8. The number of hydrogen-bond donors (Lipinski definition) is 1. The van der Waals surface area contributed by atoms with E-state index in [1.54, 1.807) is 42.7 Å². The second kappa shape index (κ2) is 8.14. The molecule has 6 nitrogen and oxygen atoms in total. The highest BCUT2D eigenvalue weighted by Crippen LogP contribution is 2.29. The lowest BCUT2D eigenvalue weighted by Crippen LogP contribution is -2.24. The van der Waals surface area contributed by atoms with E-state index in [2.05, 4.69) is 31.4 Å². The zero-order valence-corrected chi connectivity index (χ0v) is 13.4. The van der Waals surface area contributed by atoms with Crippen molar-refractivity contribution in [3.63, 3.8) is 0 Å². The van der Waals surface area contributed by atoms with Crippen LogP contribution in [-0.2, 0) is 4.79 Å². The van der Waals surface area contributed by atoms with E-state index in [0.29, 0.717) is 11.5 Å². The molecular weight excluding hydrogens is 350 g/mol. The highest BCUT2D eigenvalue weighted by Gasteiger charge is 2.07. The van der Waals surface area contributed by atoms with Crippen molar-refractivity contribution in [3.8, 4) is 11.5 Å². The van der Waals surface area contributed by atoms with Gasteiger partial charge in [0, 0.05) is 16.9 Å². The van der Waals surface area contributed by atoms with Gasteiger partial charge in [-0.3, -0.25) is 9.78 Å². The van der Waals surface area contributed by atoms with E-state index < -0.39 is 0 Å². The van der Waals surface area contributed by atoms with Crippen LogP contribution in [0.25, 0.3) is 0 Å². The van der Waals surface area contributed by atoms with Crippen molar-refractivity contribution in [1.82, 2.24) is 10.4 Å². The third kappa shape index (κ3) is 4.85. The van der Waals surface area contributed by atoms with Crippen LogP contribution < -0.4 is 14.9 Å². The normalized spacial score (nSPS) is 10.5. The van der Waals surface area contributed by atoms with Crippen LogP contribution in [0.2, 0.25) is 0 Å². The van der Waals surface area contributed by atoms with Gasteiger partial charge in [0.2, 0.25) is 0 Å². The highest BCUT2D eigenvalue weighted by atomic mass is 79.9. The third-order valence-corrected chi connectivity index (χ3v) is 3.09. The SMILES string of the molecule is COc1cc(Br)ccc1OCC(=O)N/N=C/c1ccncc1. The van der Waals surface area contributed by atoms with Crippen molar-refractivity contribution in [1.29, 1.82) is 0 Å². The van der Waals surface area contributed by atoms with Gasteiger partial charge in [0.15, 0.2) is 18.1 Å². The molecule has 2 rings (SSSR count). The van der Waals surface area contributed by atoms with E-state index in [1.165, 1.54) is 13.3 Å². The number of methoxy groups -OCH3 is 1. The molecule has 0 bridgehead atoms. The first-order valence-corrected chi connectivity index (χ1v) is 7.16. The molecule has 0 radical (unpaired) electrons. The lowest BCUT2D eigenvalue weighted by atomic mass is 10.3. The van der Waals surface area contributed by atoms with Gasteiger partial charge in [0.25, 0.3) is 5.91 Å². The van der Waals surface area contributed by atoms with Gasteiger partial charge in [0.05, 0.1) is 13.3 Å². The number of carbonyl (C=O) groups is 1. The molecule has 1 heterocycles. The zero-order valence-electron chi connectivity index (χ0n) is 11.8. The van der Waals surface area contributed by atoms with E-state index in [4.69, 9.17) is 9.47 Å². The van der Waals surface area contributed by atoms with Gasteiger partial charge >= 0.3 is 0 Å². The summed E-state index contributed by atoms with van der Waals surface area (Å²) in [7, 11) is 1.54. The largest absolute Gasteiger partial charge is 0.493 e. The number of benzene rings is 1. The van der Waals surface area contributed by atoms with Crippen LogP contribution in [0.4, 0.5) is 0 Å². The van der Waals surface area contributed by atoms with E-state index in [0.717, 1.165) is 10.0 Å². The Morgan fingerprint density at radius 2 is 2.09 bits per heavy atom. The standard InChI is InChI=1S/C15H14BrN3O3/c1-21-14-8-12(16)2-3-13(14)22-10-15(20)19-18-9-11-4-6-17-7-5-11/h2-9H,10H2,1H3,(H,19,20)/b18-9+. The summed E-state index contributed by atoms with van der Waals surface area (Å²) in [4.78, 5) is 15.6. The van der Waals surface area contributed by atoms with Crippen molar-refractivity contribution in [2.75, 3.05) is 13.7 Å². The number of rotatable bonds is 6. The van der Waals surface area contributed by atoms with Crippen LogP contribution in [0.15, 0.2) is 52.3 Å². The minimum absolute atomic E-state index is 0.161. The molecule has 0 unspecified atom stereocenters. The molecule has 0 spiro atoms. The molecular formula is C15H14BrN3O3. The summed E-state index contributed by atoms with van der Waals surface area (Å²) in [5.74, 6) is 0.664. The Hall–Kier alpha value is -2.41. The molecule has 1 N–H and O–H groups in total. The summed E-state index contributed by atoms with van der Waals surface area (Å²) in [6.07, 6.45) is 4.82. The number of amides is 1.